The van der Waals surface area contributed by atoms with Crippen LogP contribution >= 0.6 is 0 Å². The molecule has 2 aromatic heterocycles. The molecular weight excluding hydrogens is 910 g/mol. The number of ether oxygens (including phenoxy) is 1. The number of imide groups is 1. The zero-order chi connectivity index (χ0) is 49.9. The molecule has 4 aliphatic rings. The highest BCUT2D eigenvalue weighted by Crippen LogP contribution is 2.46. The number of carbonyl (C=O) groups excluding carboxylic acids is 8. The van der Waals surface area contributed by atoms with E-state index in [1.54, 1.807) is 54.8 Å². The fourth-order valence-corrected chi connectivity index (χ4v) is 9.38. The van der Waals surface area contributed by atoms with Gasteiger partial charge >= 0.3 is 5.97 Å². The van der Waals surface area contributed by atoms with Crippen LogP contribution < -0.4 is 37.5 Å². The Balaban J connectivity index is 0.841. The lowest BCUT2D eigenvalue weighted by Crippen LogP contribution is -2.52. The van der Waals surface area contributed by atoms with Gasteiger partial charge in [-0.05, 0) is 67.5 Å². The molecule has 70 heavy (non-hydrogen) atoms. The van der Waals surface area contributed by atoms with Crippen molar-refractivity contribution in [2.45, 2.75) is 83.2 Å². The number of pyridine rings is 2. The number of esters is 1. The zero-order valence-electron chi connectivity index (χ0n) is 38.5. The molecule has 0 saturated heterocycles. The molecule has 7 amide bonds. The summed E-state index contributed by atoms with van der Waals surface area (Å²) in [5.74, 6) is -5.42. The van der Waals surface area contributed by atoms with Gasteiger partial charge in [0, 0.05) is 66.7 Å². The number of benzene rings is 2. The lowest BCUT2D eigenvalue weighted by atomic mass is 9.81. The van der Waals surface area contributed by atoms with Crippen LogP contribution in [0, 0.1) is 12.7 Å². The second-order valence-corrected chi connectivity index (χ2v) is 17.6. The molecule has 4 aromatic rings. The van der Waals surface area contributed by atoms with Crippen molar-refractivity contribution in [1.29, 1.82) is 0 Å². The van der Waals surface area contributed by atoms with Crippen LogP contribution in [0.2, 0.25) is 0 Å². The monoisotopic (exact) mass is 961 g/mol. The maximum atomic E-state index is 15.4. The summed E-state index contributed by atoms with van der Waals surface area (Å²) in [6.07, 6.45) is 3.70. The second-order valence-electron chi connectivity index (χ2n) is 17.6. The van der Waals surface area contributed by atoms with Crippen LogP contribution in [0.3, 0.4) is 0 Å². The highest BCUT2D eigenvalue weighted by atomic mass is 19.1. The Morgan fingerprint density at radius 1 is 0.886 bits per heavy atom. The van der Waals surface area contributed by atoms with Crippen molar-refractivity contribution in [2.24, 2.45) is 0 Å². The molecule has 3 aliphatic heterocycles. The number of halogens is 1. The van der Waals surface area contributed by atoms with Crippen molar-refractivity contribution in [3.8, 4) is 11.4 Å². The normalized spacial score (nSPS) is 17.9. The van der Waals surface area contributed by atoms with E-state index in [0.29, 0.717) is 48.3 Å². The summed E-state index contributed by atoms with van der Waals surface area (Å²) in [6.45, 7) is 2.41. The largest absolute Gasteiger partial charge is 0.458 e. The van der Waals surface area contributed by atoms with Gasteiger partial charge in [0.15, 0.2) is 5.60 Å². The van der Waals surface area contributed by atoms with Crippen LogP contribution in [-0.2, 0) is 74.7 Å². The number of fused-ring (bicyclic) bond motifs is 5. The summed E-state index contributed by atoms with van der Waals surface area (Å²) >= 11 is 0. The van der Waals surface area contributed by atoms with Crippen LogP contribution in [0.4, 0.5) is 4.39 Å². The summed E-state index contributed by atoms with van der Waals surface area (Å²) in [5.41, 5.74) is 3.05. The highest BCUT2D eigenvalue weighted by Gasteiger charge is 2.46. The molecule has 0 radical (unpaired) electrons. The number of rotatable bonds is 19. The van der Waals surface area contributed by atoms with Gasteiger partial charge in [-0.25, -0.2) is 14.2 Å². The number of aromatic nitrogens is 2. The Labute approximate surface area is 399 Å². The molecule has 0 saturated carbocycles. The van der Waals surface area contributed by atoms with Crippen molar-refractivity contribution in [3.63, 3.8) is 0 Å². The molecule has 0 fully saturated rings. The standard InChI is InChI=1S/C49H52FN9O11/c1-3-49(69)31-19-36-45-29(24-59(36)47(67)30(31)25-70-48(49)68)44-33(11-10-28-26(2)32(50)20-34(57-45)43(28)44)51-15-7-16-52-38(61)22-55-46(66)35(18-27-8-5-4-6-9-27)56-40(63)23-54-39(62)21-53-37(60)14-17-58-41(64)12-13-42(58)65/h4-6,8-9,12-13,19-20,33,35,51,69H,3,7,10-11,14-18,21-25H2,1-2H3,(H,52,61)(H,53,60)(H,54,62)(H,55,66)(H,56,63)/t33-,35-,49-/m0/s1. The Bertz CT molecular complexity index is 2920. The fourth-order valence-electron chi connectivity index (χ4n) is 9.38. The first kappa shape index (κ1) is 48.8. The van der Waals surface area contributed by atoms with Gasteiger partial charge in [0.1, 0.15) is 18.5 Å². The highest BCUT2D eigenvalue weighted by molar-refractivity contribution is 6.13. The van der Waals surface area contributed by atoms with E-state index in [1.165, 1.54) is 6.07 Å². The van der Waals surface area contributed by atoms with E-state index in [4.69, 9.17) is 9.72 Å². The lowest BCUT2D eigenvalue weighted by molar-refractivity contribution is -0.172. The summed E-state index contributed by atoms with van der Waals surface area (Å²) in [5, 5.41) is 28.4. The Morgan fingerprint density at radius 2 is 1.59 bits per heavy atom. The van der Waals surface area contributed by atoms with Crippen molar-refractivity contribution < 1.29 is 52.6 Å². The Morgan fingerprint density at radius 3 is 2.33 bits per heavy atom. The number of carbonyl (C=O) groups is 8. The van der Waals surface area contributed by atoms with Gasteiger partial charge in [-0.3, -0.25) is 43.3 Å². The second kappa shape index (κ2) is 20.5. The van der Waals surface area contributed by atoms with Gasteiger partial charge in [-0.15, -0.1) is 0 Å². The van der Waals surface area contributed by atoms with Crippen LogP contribution in [0.1, 0.15) is 77.6 Å². The van der Waals surface area contributed by atoms with Crippen molar-refractivity contribution >= 4 is 58.2 Å². The molecule has 8 rings (SSSR count). The van der Waals surface area contributed by atoms with Crippen LogP contribution in [-0.4, -0.2) is 112 Å². The average molecular weight is 962 g/mol. The third-order valence-electron chi connectivity index (χ3n) is 13.2. The molecule has 366 valence electrons. The van der Waals surface area contributed by atoms with E-state index in [-0.39, 0.29) is 62.7 Å². The summed E-state index contributed by atoms with van der Waals surface area (Å²) in [4.78, 5) is 120. The van der Waals surface area contributed by atoms with Crippen molar-refractivity contribution in [3.05, 3.63) is 110 Å². The quantitative estimate of drug-likeness (QED) is 0.0327. The minimum absolute atomic E-state index is 0.00972. The maximum Gasteiger partial charge on any atom is 0.343 e. The van der Waals surface area contributed by atoms with E-state index in [0.717, 1.165) is 44.7 Å². The van der Waals surface area contributed by atoms with Gasteiger partial charge in [0.2, 0.25) is 29.5 Å². The molecule has 5 heterocycles. The van der Waals surface area contributed by atoms with E-state index in [1.807, 2.05) is 0 Å². The van der Waals surface area contributed by atoms with Gasteiger partial charge in [-0.2, -0.15) is 0 Å². The minimum atomic E-state index is -2.00. The maximum absolute atomic E-state index is 15.4. The van der Waals surface area contributed by atoms with E-state index < -0.39 is 90.0 Å². The molecule has 0 bridgehead atoms. The van der Waals surface area contributed by atoms with Gasteiger partial charge < -0.3 is 46.3 Å². The number of hydrogen-bond donors (Lipinski definition) is 7. The Kier molecular flexibility index (Phi) is 14.3. The van der Waals surface area contributed by atoms with E-state index >= 15 is 4.39 Å². The van der Waals surface area contributed by atoms with E-state index in [9.17, 15) is 48.3 Å². The zero-order valence-corrected chi connectivity index (χ0v) is 38.5. The first-order valence-electron chi connectivity index (χ1n) is 23.1. The molecule has 20 nitrogen and oxygen atoms in total. The fraction of sp³-hybridized carbons (Fsp3) is 0.388. The van der Waals surface area contributed by atoms with Gasteiger partial charge in [-0.1, -0.05) is 37.3 Å². The smallest absolute Gasteiger partial charge is 0.343 e. The molecule has 0 unspecified atom stereocenters. The Hall–Kier alpha value is -7.65. The first-order valence-corrected chi connectivity index (χ1v) is 23.1. The van der Waals surface area contributed by atoms with Gasteiger partial charge in [0.25, 0.3) is 17.4 Å². The lowest BCUT2D eigenvalue weighted by Gasteiger charge is -2.31. The topological polar surface area (TPSA) is 276 Å². The number of hydrogen-bond acceptors (Lipinski definition) is 13. The summed E-state index contributed by atoms with van der Waals surface area (Å²) in [6, 6.07) is 10.5. The number of amides is 7. The molecule has 3 atom stereocenters. The number of nitrogens with one attached hydrogen (secondary N) is 6. The number of aryl methyl sites for hydroxylation is 1. The first-order chi connectivity index (χ1) is 33.6. The molecule has 21 heteroatoms. The number of cyclic esters (lactones) is 1. The predicted molar refractivity (Wildman–Crippen MR) is 247 cm³/mol. The van der Waals surface area contributed by atoms with Crippen LogP contribution in [0.15, 0.2) is 59.4 Å². The van der Waals surface area contributed by atoms with Crippen molar-refractivity contribution in [2.75, 3.05) is 39.3 Å². The third-order valence-corrected chi connectivity index (χ3v) is 13.2. The molecule has 7 N–H and O–H groups in total. The van der Waals surface area contributed by atoms with Crippen LogP contribution in [0.25, 0.3) is 22.3 Å². The third kappa shape index (κ3) is 9.93. The number of nitrogens with zero attached hydrogens (tertiary/aromatic N) is 3. The average Bonchev–Trinajstić information content (AvgIpc) is 3.89. The van der Waals surface area contributed by atoms with Crippen molar-refractivity contribution in [1.82, 2.24) is 46.4 Å². The molecule has 0 spiro atoms. The number of aliphatic hydroxyl groups is 1. The SMILES string of the molecule is CC[C@@]1(O)C(=O)OCc2c1cc1n(c2=O)Cc2c-1nc1cc(F)c(C)c3c1c2[C@@H](NCCCNC(=O)CNC(=O)[C@H](Cc1ccccc1)NC(=O)CNC(=O)CNC(=O)CCN1C(=O)C=CC1=O)CC3. The predicted octanol–water partition coefficient (Wildman–Crippen LogP) is 0.00152. The van der Waals surface area contributed by atoms with E-state index in [2.05, 4.69) is 31.9 Å². The minimum Gasteiger partial charge on any atom is -0.458 e. The molecular formula is C49H52FN9O11. The summed E-state index contributed by atoms with van der Waals surface area (Å²) in [7, 11) is 0. The molecule has 2 aromatic carbocycles. The van der Waals surface area contributed by atoms with Gasteiger partial charge in [0.05, 0.1) is 48.6 Å². The summed E-state index contributed by atoms with van der Waals surface area (Å²) < 4.78 is 22.1. The molecule has 1 aliphatic carbocycles. The van der Waals surface area contributed by atoms with Crippen LogP contribution in [0.5, 0.6) is 0 Å².